The average Bonchev–Trinajstić information content (AvgIpc) is 2.80. The number of nitrogens with two attached hydrogens (primary N) is 1. The largest absolute Gasteiger partial charge is 0.508 e. The first-order chi connectivity index (χ1) is 9.84. The molecule has 0 saturated carbocycles. The predicted molar refractivity (Wildman–Crippen MR) is 69.5 cm³/mol. The van der Waals surface area contributed by atoms with Gasteiger partial charge in [-0.25, -0.2) is 9.50 Å². The molecule has 0 amide bonds. The summed E-state index contributed by atoms with van der Waals surface area (Å²) in [5.41, 5.74) is 5.12. The summed E-state index contributed by atoms with van der Waals surface area (Å²) in [6.07, 6.45) is -4.60. The Labute approximate surface area is 116 Å². The number of aromatic nitrogens is 3. The average molecular weight is 294 g/mol. The first-order valence-electron chi connectivity index (χ1n) is 5.87. The fourth-order valence-electron chi connectivity index (χ4n) is 2.00. The first-order valence-corrected chi connectivity index (χ1v) is 5.87. The molecule has 3 N–H and O–H groups in total. The minimum atomic E-state index is -4.60. The van der Waals surface area contributed by atoms with Crippen molar-refractivity contribution in [3.63, 3.8) is 0 Å². The first kappa shape index (κ1) is 13.2. The van der Waals surface area contributed by atoms with Crippen LogP contribution >= 0.6 is 0 Å². The molecule has 1 aromatic carbocycles. The molecule has 2 heterocycles. The van der Waals surface area contributed by atoms with Crippen molar-refractivity contribution < 1.29 is 18.3 Å². The molecule has 8 heteroatoms. The van der Waals surface area contributed by atoms with Crippen molar-refractivity contribution in [3.8, 4) is 17.0 Å². The van der Waals surface area contributed by atoms with E-state index in [0.29, 0.717) is 10.1 Å². The third-order valence-corrected chi connectivity index (χ3v) is 2.88. The van der Waals surface area contributed by atoms with E-state index in [1.165, 1.54) is 18.2 Å². The topological polar surface area (TPSA) is 76.4 Å². The van der Waals surface area contributed by atoms with Gasteiger partial charge in [0.25, 0.3) is 0 Å². The molecule has 0 saturated heterocycles. The van der Waals surface area contributed by atoms with Gasteiger partial charge in [0, 0.05) is 17.7 Å². The highest BCUT2D eigenvalue weighted by Crippen LogP contribution is 2.31. The fraction of sp³-hybridized carbons (Fsp3) is 0.0769. The smallest absolute Gasteiger partial charge is 0.433 e. The number of anilines is 1. The van der Waals surface area contributed by atoms with Gasteiger partial charge in [0.2, 0.25) is 0 Å². The van der Waals surface area contributed by atoms with E-state index in [9.17, 15) is 18.3 Å². The number of fused-ring (bicyclic) bond motifs is 1. The van der Waals surface area contributed by atoms with E-state index >= 15 is 0 Å². The van der Waals surface area contributed by atoms with Crippen LogP contribution in [0.15, 0.2) is 36.4 Å². The third-order valence-electron chi connectivity index (χ3n) is 2.88. The highest BCUT2D eigenvalue weighted by atomic mass is 19.4. The lowest BCUT2D eigenvalue weighted by Crippen LogP contribution is -2.14. The second kappa shape index (κ2) is 4.37. The quantitative estimate of drug-likeness (QED) is 0.723. The Morgan fingerprint density at radius 1 is 1.14 bits per heavy atom. The van der Waals surface area contributed by atoms with Crippen LogP contribution in [0, 0.1) is 0 Å². The van der Waals surface area contributed by atoms with Crippen LogP contribution in [-0.4, -0.2) is 19.7 Å². The molecule has 0 radical (unpaired) electrons. The number of rotatable bonds is 1. The van der Waals surface area contributed by atoms with Crippen molar-refractivity contribution in [1.29, 1.82) is 0 Å². The molecule has 3 aromatic rings. The molecule has 0 fully saturated rings. The molecule has 0 aliphatic carbocycles. The van der Waals surface area contributed by atoms with Gasteiger partial charge in [-0.05, 0) is 12.1 Å². The molecule has 0 bridgehead atoms. The van der Waals surface area contributed by atoms with E-state index < -0.39 is 11.9 Å². The molecule has 0 spiro atoms. The number of phenolic OH excluding ortho intramolecular Hbond substituents is 1. The number of nitrogen functional groups attached to an aromatic ring is 1. The van der Waals surface area contributed by atoms with Crippen LogP contribution in [0.4, 0.5) is 19.0 Å². The summed E-state index contributed by atoms with van der Waals surface area (Å²) < 4.78 is 39.7. The number of benzene rings is 1. The van der Waals surface area contributed by atoms with Gasteiger partial charge in [0.05, 0.1) is 5.69 Å². The molecule has 5 nitrogen and oxygen atoms in total. The van der Waals surface area contributed by atoms with E-state index in [1.54, 1.807) is 12.1 Å². The number of aromatic hydroxyl groups is 1. The molecular weight excluding hydrogens is 285 g/mol. The lowest BCUT2D eigenvalue weighted by molar-refractivity contribution is -0.142. The van der Waals surface area contributed by atoms with Gasteiger partial charge in [-0.2, -0.15) is 18.3 Å². The third kappa shape index (κ3) is 2.35. The number of halogens is 3. The van der Waals surface area contributed by atoms with Crippen LogP contribution < -0.4 is 5.73 Å². The van der Waals surface area contributed by atoms with Gasteiger partial charge in [-0.15, -0.1) is 0 Å². The monoisotopic (exact) mass is 294 g/mol. The number of hydrogen-bond donors (Lipinski definition) is 2. The van der Waals surface area contributed by atoms with Gasteiger partial charge in [-0.1, -0.05) is 12.1 Å². The summed E-state index contributed by atoms with van der Waals surface area (Å²) in [6, 6.07) is 8.15. The molecule has 0 aliphatic rings. The Morgan fingerprint density at radius 3 is 2.57 bits per heavy atom. The molecule has 2 aromatic heterocycles. The maximum atomic E-state index is 13.0. The van der Waals surface area contributed by atoms with E-state index in [4.69, 9.17) is 5.73 Å². The van der Waals surface area contributed by atoms with Crippen molar-refractivity contribution in [1.82, 2.24) is 14.6 Å². The van der Waals surface area contributed by atoms with Crippen molar-refractivity contribution in [2.24, 2.45) is 0 Å². The zero-order valence-electron chi connectivity index (χ0n) is 10.5. The van der Waals surface area contributed by atoms with Gasteiger partial charge in [0.1, 0.15) is 11.6 Å². The van der Waals surface area contributed by atoms with E-state index in [2.05, 4.69) is 10.1 Å². The lowest BCUT2D eigenvalue weighted by Gasteiger charge is -2.08. The summed E-state index contributed by atoms with van der Waals surface area (Å²) in [5, 5.41) is 13.3. The molecule has 0 unspecified atom stereocenters. The van der Waals surface area contributed by atoms with Crippen LogP contribution in [0.1, 0.15) is 5.69 Å². The van der Waals surface area contributed by atoms with Crippen molar-refractivity contribution in [2.75, 3.05) is 5.73 Å². The summed E-state index contributed by atoms with van der Waals surface area (Å²) >= 11 is 0. The van der Waals surface area contributed by atoms with E-state index in [1.807, 2.05) is 0 Å². The van der Waals surface area contributed by atoms with Gasteiger partial charge in [0.15, 0.2) is 11.3 Å². The second-order valence-electron chi connectivity index (χ2n) is 4.41. The van der Waals surface area contributed by atoms with Crippen LogP contribution in [0.2, 0.25) is 0 Å². The van der Waals surface area contributed by atoms with Gasteiger partial charge >= 0.3 is 6.18 Å². The standard InChI is InChI=1S/C13H9F3N4O/c14-13(15,16)10-6-11(17)18-12-5-9(19-20(10)12)7-2-1-3-8(21)4-7/h1-6,21H,(H2,17,18). The zero-order chi connectivity index (χ0) is 15.2. The zero-order valence-corrected chi connectivity index (χ0v) is 10.5. The number of phenols is 1. The van der Waals surface area contributed by atoms with Crippen molar-refractivity contribution >= 4 is 11.5 Å². The highest BCUT2D eigenvalue weighted by molar-refractivity contribution is 5.66. The van der Waals surface area contributed by atoms with Crippen LogP contribution in [0.25, 0.3) is 16.9 Å². The number of alkyl halides is 3. The predicted octanol–water partition coefficient (Wildman–Crippen LogP) is 2.70. The Hall–Kier alpha value is -2.77. The van der Waals surface area contributed by atoms with Crippen molar-refractivity contribution in [3.05, 3.63) is 42.1 Å². The Bertz CT molecular complexity index is 826. The summed E-state index contributed by atoms with van der Waals surface area (Å²) in [5.74, 6) is -0.245. The van der Waals surface area contributed by atoms with Gasteiger partial charge < -0.3 is 10.8 Å². The number of hydrogen-bond acceptors (Lipinski definition) is 4. The van der Waals surface area contributed by atoms with E-state index in [-0.39, 0.29) is 22.9 Å². The summed E-state index contributed by atoms with van der Waals surface area (Å²) in [6.45, 7) is 0. The Kier molecular flexibility index (Phi) is 2.75. The molecule has 0 aliphatic heterocycles. The second-order valence-corrected chi connectivity index (χ2v) is 4.41. The maximum Gasteiger partial charge on any atom is 0.433 e. The van der Waals surface area contributed by atoms with Crippen LogP contribution in [-0.2, 0) is 6.18 Å². The summed E-state index contributed by atoms with van der Waals surface area (Å²) in [4.78, 5) is 3.83. The molecule has 108 valence electrons. The molecular formula is C13H9F3N4O. The Balaban J connectivity index is 2.25. The maximum absolute atomic E-state index is 13.0. The minimum absolute atomic E-state index is 0.00641. The molecule has 0 atom stereocenters. The number of nitrogens with zero attached hydrogens (tertiary/aromatic N) is 3. The minimum Gasteiger partial charge on any atom is -0.508 e. The van der Waals surface area contributed by atoms with Gasteiger partial charge in [-0.3, -0.25) is 0 Å². The molecule has 3 rings (SSSR count). The van der Waals surface area contributed by atoms with Crippen molar-refractivity contribution in [2.45, 2.75) is 6.18 Å². The fourth-order valence-corrected chi connectivity index (χ4v) is 2.00. The lowest BCUT2D eigenvalue weighted by atomic mass is 10.1. The SMILES string of the molecule is Nc1cc(C(F)(F)F)n2nc(-c3cccc(O)c3)cc2n1. The van der Waals surface area contributed by atoms with Crippen LogP contribution in [0.5, 0.6) is 5.75 Å². The van der Waals surface area contributed by atoms with Crippen LogP contribution in [0.3, 0.4) is 0 Å². The summed E-state index contributed by atoms with van der Waals surface area (Å²) in [7, 11) is 0. The van der Waals surface area contributed by atoms with E-state index in [0.717, 1.165) is 6.07 Å². The Morgan fingerprint density at radius 2 is 1.90 bits per heavy atom. The normalized spacial score (nSPS) is 12.0. The molecule has 21 heavy (non-hydrogen) atoms. The highest BCUT2D eigenvalue weighted by Gasteiger charge is 2.35.